The van der Waals surface area contributed by atoms with E-state index in [1.807, 2.05) is 5.38 Å². The van der Waals surface area contributed by atoms with E-state index in [1.54, 1.807) is 17.0 Å². The highest BCUT2D eigenvalue weighted by atomic mass is 35.5. The second kappa shape index (κ2) is 11.3. The molecule has 0 radical (unpaired) electrons. The number of hydrogen-bond donors (Lipinski definition) is 0. The number of carbonyl (C=O) groups excluding carboxylic acids is 1. The first-order chi connectivity index (χ1) is 18.9. The number of carbonyl (C=O) groups is 1. The van der Waals surface area contributed by atoms with Crippen LogP contribution < -0.4 is 5.56 Å². The van der Waals surface area contributed by atoms with Gasteiger partial charge in [0.15, 0.2) is 6.10 Å². The van der Waals surface area contributed by atoms with Crippen molar-refractivity contribution in [3.05, 3.63) is 82.6 Å². The molecule has 1 atom stereocenters. The molecule has 1 amide bonds. The summed E-state index contributed by atoms with van der Waals surface area (Å²) in [5, 5.41) is 8.15. The van der Waals surface area contributed by atoms with Crippen molar-refractivity contribution in [1.29, 1.82) is 0 Å². The van der Waals surface area contributed by atoms with Gasteiger partial charge in [0, 0.05) is 47.1 Å². The summed E-state index contributed by atoms with van der Waals surface area (Å²) in [6, 6.07) is 5.21. The van der Waals surface area contributed by atoms with Gasteiger partial charge < -0.3 is 14.3 Å². The molecule has 1 fully saturated rings. The Morgan fingerprint density at radius 2 is 1.90 bits per heavy atom. The zero-order valence-electron chi connectivity index (χ0n) is 21.0. The molecule has 212 valence electrons. The van der Waals surface area contributed by atoms with Crippen molar-refractivity contribution in [2.24, 2.45) is 5.16 Å². The number of benzene rings is 1. The van der Waals surface area contributed by atoms with Gasteiger partial charge in [0.1, 0.15) is 17.8 Å². The highest BCUT2D eigenvalue weighted by Gasteiger charge is 2.35. The number of aryl methyl sites for hydroxylation is 1. The van der Waals surface area contributed by atoms with Gasteiger partial charge in [0.2, 0.25) is 5.91 Å². The normalized spacial score (nSPS) is 18.1. The smallest absolute Gasteiger partial charge is 0.387 e. The van der Waals surface area contributed by atoms with Gasteiger partial charge in [-0.25, -0.2) is 4.98 Å². The largest absolute Gasteiger partial charge is 0.421 e. The van der Waals surface area contributed by atoms with Crippen LogP contribution >= 0.6 is 46.1 Å². The molecule has 0 saturated carbocycles. The van der Waals surface area contributed by atoms with Crippen LogP contribution in [0, 0.1) is 6.92 Å². The molecule has 1 aromatic carbocycles. The average Bonchev–Trinajstić information content (AvgIpc) is 3.58. The minimum atomic E-state index is -4.78. The lowest BCUT2D eigenvalue weighted by molar-refractivity contribution is -0.139. The van der Waals surface area contributed by atoms with E-state index < -0.39 is 35.9 Å². The number of rotatable bonds is 5. The second-order valence-electron chi connectivity index (χ2n) is 9.63. The Bertz CT molecular complexity index is 1550. The van der Waals surface area contributed by atoms with Crippen LogP contribution in [0.2, 0.25) is 15.1 Å². The second-order valence-corrected chi connectivity index (χ2v) is 11.7. The molecule has 4 heterocycles. The molecule has 0 N–H and O–H groups in total. The number of likely N-dealkylation sites (tertiary alicyclic amines) is 1. The Morgan fingerprint density at radius 3 is 2.60 bits per heavy atom. The number of halogens is 6. The molecule has 0 bridgehead atoms. The van der Waals surface area contributed by atoms with E-state index in [1.165, 1.54) is 24.3 Å². The van der Waals surface area contributed by atoms with E-state index in [4.69, 9.17) is 44.6 Å². The molecule has 14 heteroatoms. The number of alkyl halides is 3. The van der Waals surface area contributed by atoms with Gasteiger partial charge in [-0.1, -0.05) is 40.0 Å². The first-order valence-corrected chi connectivity index (χ1v) is 14.3. The molecule has 1 unspecified atom stereocenters. The quantitative estimate of drug-likeness (QED) is 0.288. The molecule has 1 saturated heterocycles. The van der Waals surface area contributed by atoms with E-state index in [0.717, 1.165) is 15.6 Å². The van der Waals surface area contributed by atoms with Crippen LogP contribution in [0.15, 0.2) is 39.6 Å². The monoisotopic (exact) mass is 632 g/mol. The molecule has 0 aliphatic carbocycles. The maximum absolute atomic E-state index is 13.2. The van der Waals surface area contributed by atoms with Crippen molar-refractivity contribution in [2.45, 2.75) is 50.9 Å². The van der Waals surface area contributed by atoms with Gasteiger partial charge >= 0.3 is 6.18 Å². The first-order valence-electron chi connectivity index (χ1n) is 12.3. The maximum Gasteiger partial charge on any atom is 0.421 e. The number of nitrogens with zero attached hydrogens (tertiary/aromatic N) is 4. The van der Waals surface area contributed by atoms with E-state index >= 15 is 0 Å². The first kappa shape index (κ1) is 28.9. The van der Waals surface area contributed by atoms with Gasteiger partial charge in [-0.3, -0.25) is 9.59 Å². The van der Waals surface area contributed by atoms with Crippen LogP contribution in [0.1, 0.15) is 58.8 Å². The summed E-state index contributed by atoms with van der Waals surface area (Å²) in [5.74, 6) is -0.285. The number of oxime groups is 1. The summed E-state index contributed by atoms with van der Waals surface area (Å²) >= 11 is 20.1. The summed E-state index contributed by atoms with van der Waals surface area (Å²) in [5.41, 5.74) is -0.190. The van der Waals surface area contributed by atoms with Gasteiger partial charge in [0.25, 0.3) is 5.56 Å². The minimum absolute atomic E-state index is 0.112. The van der Waals surface area contributed by atoms with Gasteiger partial charge in [-0.15, -0.1) is 11.3 Å². The summed E-state index contributed by atoms with van der Waals surface area (Å²) < 4.78 is 40.4. The van der Waals surface area contributed by atoms with Crippen LogP contribution in [-0.4, -0.2) is 39.2 Å². The lowest BCUT2D eigenvalue weighted by Crippen LogP contribution is -2.42. The Balaban J connectivity index is 1.20. The van der Waals surface area contributed by atoms with Gasteiger partial charge in [-0.05, 0) is 44.0 Å². The van der Waals surface area contributed by atoms with Gasteiger partial charge in [0.05, 0.1) is 20.7 Å². The van der Waals surface area contributed by atoms with E-state index in [9.17, 15) is 22.8 Å². The summed E-state index contributed by atoms with van der Waals surface area (Å²) in [6.45, 7) is 1.88. The third-order valence-electron chi connectivity index (χ3n) is 7.04. The molecular formula is C26H22Cl3F3N4O3S. The standard InChI is InChI=1S/C26H22Cl3F3N4O3S/c1-13-2-3-17(26(30,31)32)25(38)36(13)11-22(37)35-6-4-14(5-7-35)24-33-20(12-40-24)19-10-21(39-34-19)16-8-15(27)9-18(28)23(16)29/h2-3,8-9,12,14,21H,4-7,10-11H2,1H3. The van der Waals surface area contributed by atoms with Crippen molar-refractivity contribution in [3.63, 3.8) is 0 Å². The van der Waals surface area contributed by atoms with E-state index in [0.29, 0.717) is 70.1 Å². The Hall–Kier alpha value is -2.60. The summed E-state index contributed by atoms with van der Waals surface area (Å²) in [4.78, 5) is 37.2. The van der Waals surface area contributed by atoms with Gasteiger partial charge in [-0.2, -0.15) is 13.2 Å². The summed E-state index contributed by atoms with van der Waals surface area (Å²) in [7, 11) is 0. The predicted octanol–water partition coefficient (Wildman–Crippen LogP) is 6.86. The highest BCUT2D eigenvalue weighted by Crippen LogP contribution is 2.39. The Labute approximate surface area is 246 Å². The molecule has 5 rings (SSSR count). The molecule has 2 aromatic heterocycles. The third-order valence-corrected chi connectivity index (χ3v) is 9.08. The minimum Gasteiger partial charge on any atom is -0.387 e. The van der Waals surface area contributed by atoms with Crippen LogP contribution in [0.3, 0.4) is 0 Å². The number of piperidine rings is 1. The topological polar surface area (TPSA) is 76.8 Å². The zero-order valence-corrected chi connectivity index (χ0v) is 24.1. The van der Waals surface area contributed by atoms with Crippen molar-refractivity contribution in [2.75, 3.05) is 13.1 Å². The summed E-state index contributed by atoms with van der Waals surface area (Å²) in [6.07, 6.45) is -3.51. The zero-order chi connectivity index (χ0) is 28.8. The van der Waals surface area contributed by atoms with Crippen LogP contribution in [0.25, 0.3) is 0 Å². The molecule has 2 aliphatic heterocycles. The number of amides is 1. The molecule has 40 heavy (non-hydrogen) atoms. The fraction of sp³-hybridized carbons (Fsp3) is 0.385. The molecule has 2 aliphatic rings. The average molecular weight is 634 g/mol. The Kier molecular flexibility index (Phi) is 8.20. The fourth-order valence-corrected chi connectivity index (χ4v) is 6.55. The Morgan fingerprint density at radius 1 is 1.18 bits per heavy atom. The third kappa shape index (κ3) is 5.88. The molecule has 7 nitrogen and oxygen atoms in total. The number of pyridine rings is 1. The maximum atomic E-state index is 13.2. The van der Waals surface area contributed by atoms with Crippen LogP contribution in [-0.2, 0) is 22.4 Å². The van der Waals surface area contributed by atoms with E-state index in [-0.39, 0.29) is 5.92 Å². The molecular weight excluding hydrogens is 612 g/mol. The molecule has 3 aromatic rings. The molecule has 0 spiro atoms. The fourth-order valence-electron chi connectivity index (χ4n) is 4.81. The van der Waals surface area contributed by atoms with E-state index in [2.05, 4.69) is 5.16 Å². The lowest BCUT2D eigenvalue weighted by Gasteiger charge is -2.31. The van der Waals surface area contributed by atoms with Crippen molar-refractivity contribution in [3.8, 4) is 0 Å². The SMILES string of the molecule is Cc1ccc(C(F)(F)F)c(=O)n1CC(=O)N1CCC(c2nc(C3=NOC(c4cc(Cl)cc(Cl)c4Cl)C3)cs2)CC1. The van der Waals surface area contributed by atoms with Crippen molar-refractivity contribution >= 4 is 57.8 Å². The number of thiazole rings is 1. The predicted molar refractivity (Wildman–Crippen MR) is 148 cm³/mol. The number of hydrogen-bond acceptors (Lipinski definition) is 6. The number of aromatic nitrogens is 2. The van der Waals surface area contributed by atoms with Crippen molar-refractivity contribution in [1.82, 2.24) is 14.5 Å². The van der Waals surface area contributed by atoms with Crippen molar-refractivity contribution < 1.29 is 22.8 Å². The van der Waals surface area contributed by atoms with Crippen LogP contribution in [0.5, 0.6) is 0 Å². The lowest BCUT2D eigenvalue weighted by atomic mass is 9.97. The highest BCUT2D eigenvalue weighted by molar-refractivity contribution is 7.10. The van der Waals surface area contributed by atoms with Crippen LogP contribution in [0.4, 0.5) is 13.2 Å².